The van der Waals surface area contributed by atoms with Gasteiger partial charge in [-0.3, -0.25) is 0 Å². The minimum Gasteiger partial charge on any atom is -0.493 e. The molecule has 96 valence electrons. The first-order valence-corrected chi connectivity index (χ1v) is 7.25. The first kappa shape index (κ1) is 13.3. The van der Waals surface area contributed by atoms with Gasteiger partial charge < -0.3 is 9.47 Å². The number of thioether (sulfide) groups is 1. The molecular weight excluding hydrogens is 246 g/mol. The zero-order valence-electron chi connectivity index (χ0n) is 10.3. The van der Waals surface area contributed by atoms with E-state index in [4.69, 9.17) is 14.7 Å². The predicted octanol–water partition coefficient (Wildman–Crippen LogP) is 2.85. The standard InChI is InChI=1S/C14H17NO2S/c15-11-12-2-1-3-13(10-12)17-8-9-18-14-4-6-16-7-5-14/h1-3,10,14H,4-9H2. The molecule has 0 N–H and O–H groups in total. The van der Waals surface area contributed by atoms with Crippen LogP contribution in [-0.4, -0.2) is 30.8 Å². The van der Waals surface area contributed by atoms with Crippen LogP contribution in [0.2, 0.25) is 0 Å². The highest BCUT2D eigenvalue weighted by atomic mass is 32.2. The van der Waals surface area contributed by atoms with Gasteiger partial charge in [-0.25, -0.2) is 0 Å². The van der Waals surface area contributed by atoms with E-state index in [9.17, 15) is 0 Å². The van der Waals surface area contributed by atoms with Gasteiger partial charge in [0, 0.05) is 24.2 Å². The van der Waals surface area contributed by atoms with Crippen molar-refractivity contribution in [2.45, 2.75) is 18.1 Å². The Hall–Kier alpha value is -1.18. The van der Waals surface area contributed by atoms with E-state index in [1.54, 1.807) is 12.1 Å². The summed E-state index contributed by atoms with van der Waals surface area (Å²) < 4.78 is 11.0. The molecule has 1 heterocycles. The van der Waals surface area contributed by atoms with Crippen LogP contribution in [0.3, 0.4) is 0 Å². The Morgan fingerprint density at radius 3 is 3.00 bits per heavy atom. The Bertz CT molecular complexity index is 411. The van der Waals surface area contributed by atoms with Gasteiger partial charge in [-0.2, -0.15) is 17.0 Å². The van der Waals surface area contributed by atoms with Gasteiger partial charge in [0.05, 0.1) is 18.2 Å². The van der Waals surface area contributed by atoms with E-state index < -0.39 is 0 Å². The van der Waals surface area contributed by atoms with Gasteiger partial charge in [0.2, 0.25) is 0 Å². The molecule has 18 heavy (non-hydrogen) atoms. The van der Waals surface area contributed by atoms with Crippen molar-refractivity contribution < 1.29 is 9.47 Å². The van der Waals surface area contributed by atoms with Gasteiger partial charge in [-0.15, -0.1) is 0 Å². The van der Waals surface area contributed by atoms with E-state index in [1.807, 2.05) is 23.9 Å². The van der Waals surface area contributed by atoms with Gasteiger partial charge in [0.1, 0.15) is 5.75 Å². The van der Waals surface area contributed by atoms with Crippen molar-refractivity contribution in [1.82, 2.24) is 0 Å². The van der Waals surface area contributed by atoms with Crippen LogP contribution in [0.15, 0.2) is 24.3 Å². The summed E-state index contributed by atoms with van der Waals surface area (Å²) in [6.45, 7) is 2.47. The van der Waals surface area contributed by atoms with Crippen molar-refractivity contribution in [3.63, 3.8) is 0 Å². The summed E-state index contributed by atoms with van der Waals surface area (Å²) in [6, 6.07) is 9.40. The maximum absolute atomic E-state index is 8.78. The molecule has 3 nitrogen and oxygen atoms in total. The third kappa shape index (κ3) is 4.25. The summed E-state index contributed by atoms with van der Waals surface area (Å²) in [5, 5.41) is 9.50. The smallest absolute Gasteiger partial charge is 0.120 e. The van der Waals surface area contributed by atoms with Gasteiger partial charge in [-0.05, 0) is 31.0 Å². The number of hydrogen-bond acceptors (Lipinski definition) is 4. The normalized spacial score (nSPS) is 16.2. The zero-order chi connectivity index (χ0) is 12.6. The average molecular weight is 263 g/mol. The molecule has 0 amide bonds. The fourth-order valence-electron chi connectivity index (χ4n) is 1.87. The minimum absolute atomic E-state index is 0.643. The Balaban J connectivity index is 1.67. The molecule has 0 radical (unpaired) electrons. The molecule has 0 unspecified atom stereocenters. The molecule has 0 spiro atoms. The van der Waals surface area contributed by atoms with Crippen LogP contribution < -0.4 is 4.74 Å². The number of nitrogens with zero attached hydrogens (tertiary/aromatic N) is 1. The monoisotopic (exact) mass is 263 g/mol. The minimum atomic E-state index is 0.643. The third-order valence-electron chi connectivity index (χ3n) is 2.84. The van der Waals surface area contributed by atoms with Crippen LogP contribution in [0.25, 0.3) is 0 Å². The van der Waals surface area contributed by atoms with Crippen LogP contribution in [0.5, 0.6) is 5.75 Å². The lowest BCUT2D eigenvalue weighted by molar-refractivity contribution is 0.1000. The molecule has 2 rings (SSSR count). The second kappa shape index (κ2) is 7.30. The molecule has 1 aromatic carbocycles. The Kier molecular flexibility index (Phi) is 5.37. The zero-order valence-corrected chi connectivity index (χ0v) is 11.1. The topological polar surface area (TPSA) is 42.2 Å². The van der Waals surface area contributed by atoms with Crippen molar-refractivity contribution in [1.29, 1.82) is 5.26 Å². The van der Waals surface area contributed by atoms with Crippen molar-refractivity contribution in [3.05, 3.63) is 29.8 Å². The molecule has 0 aromatic heterocycles. The summed E-state index contributed by atoms with van der Waals surface area (Å²) in [5.74, 6) is 1.77. The lowest BCUT2D eigenvalue weighted by atomic mass is 10.2. The summed E-state index contributed by atoms with van der Waals surface area (Å²) in [4.78, 5) is 0. The molecule has 1 saturated heterocycles. The third-order valence-corrected chi connectivity index (χ3v) is 4.18. The Morgan fingerprint density at radius 2 is 2.22 bits per heavy atom. The van der Waals surface area contributed by atoms with Crippen molar-refractivity contribution in [2.75, 3.05) is 25.6 Å². The molecule has 0 atom stereocenters. The molecule has 0 saturated carbocycles. The molecule has 0 aliphatic carbocycles. The maximum atomic E-state index is 8.78. The van der Waals surface area contributed by atoms with Crippen LogP contribution in [-0.2, 0) is 4.74 Å². The molecular formula is C14H17NO2S. The van der Waals surface area contributed by atoms with E-state index in [2.05, 4.69) is 6.07 Å². The van der Waals surface area contributed by atoms with Crippen molar-refractivity contribution in [3.8, 4) is 11.8 Å². The molecule has 1 aliphatic heterocycles. The van der Waals surface area contributed by atoms with Gasteiger partial charge >= 0.3 is 0 Å². The predicted molar refractivity (Wildman–Crippen MR) is 73.0 cm³/mol. The fraction of sp³-hybridized carbons (Fsp3) is 0.500. The van der Waals surface area contributed by atoms with Crippen molar-refractivity contribution >= 4 is 11.8 Å². The Labute approximate surface area is 112 Å². The quantitative estimate of drug-likeness (QED) is 0.766. The van der Waals surface area contributed by atoms with E-state index in [-0.39, 0.29) is 0 Å². The SMILES string of the molecule is N#Cc1cccc(OCCSC2CCOCC2)c1. The van der Waals surface area contributed by atoms with Gasteiger partial charge in [-0.1, -0.05) is 6.07 Å². The summed E-state index contributed by atoms with van der Waals surface area (Å²) >= 11 is 1.96. The van der Waals surface area contributed by atoms with Gasteiger partial charge in [0.15, 0.2) is 0 Å². The van der Waals surface area contributed by atoms with E-state index in [0.717, 1.165) is 37.6 Å². The molecule has 1 fully saturated rings. The molecule has 1 aromatic rings. The number of ether oxygens (including phenoxy) is 2. The first-order chi connectivity index (χ1) is 8.88. The number of hydrogen-bond donors (Lipinski definition) is 0. The molecule has 0 bridgehead atoms. The maximum Gasteiger partial charge on any atom is 0.120 e. The number of rotatable bonds is 5. The highest BCUT2D eigenvalue weighted by Crippen LogP contribution is 2.22. The van der Waals surface area contributed by atoms with E-state index >= 15 is 0 Å². The second-order valence-corrected chi connectivity index (χ2v) is 5.58. The fourth-order valence-corrected chi connectivity index (χ4v) is 2.91. The first-order valence-electron chi connectivity index (χ1n) is 6.21. The second-order valence-electron chi connectivity index (χ2n) is 4.17. The van der Waals surface area contributed by atoms with E-state index in [0.29, 0.717) is 17.4 Å². The van der Waals surface area contributed by atoms with Crippen LogP contribution in [0, 0.1) is 11.3 Å². The largest absolute Gasteiger partial charge is 0.493 e. The lowest BCUT2D eigenvalue weighted by Crippen LogP contribution is -2.18. The Morgan fingerprint density at radius 1 is 1.39 bits per heavy atom. The highest BCUT2D eigenvalue weighted by Gasteiger charge is 2.13. The summed E-state index contributed by atoms with van der Waals surface area (Å²) in [7, 11) is 0. The lowest BCUT2D eigenvalue weighted by Gasteiger charge is -2.21. The summed E-state index contributed by atoms with van der Waals surface area (Å²) in [5.41, 5.74) is 0.643. The molecule has 1 aliphatic rings. The van der Waals surface area contributed by atoms with Gasteiger partial charge in [0.25, 0.3) is 0 Å². The van der Waals surface area contributed by atoms with Crippen LogP contribution >= 0.6 is 11.8 Å². The number of nitriles is 1. The van der Waals surface area contributed by atoms with E-state index in [1.165, 1.54) is 0 Å². The number of benzene rings is 1. The van der Waals surface area contributed by atoms with Crippen molar-refractivity contribution in [2.24, 2.45) is 0 Å². The highest BCUT2D eigenvalue weighted by molar-refractivity contribution is 7.99. The average Bonchev–Trinajstić information content (AvgIpc) is 2.45. The summed E-state index contributed by atoms with van der Waals surface area (Å²) in [6.07, 6.45) is 2.29. The van der Waals surface area contributed by atoms with Crippen LogP contribution in [0.4, 0.5) is 0 Å². The van der Waals surface area contributed by atoms with Crippen LogP contribution in [0.1, 0.15) is 18.4 Å². The molecule has 4 heteroatoms.